The number of nitrogens with one attached hydrogen (secondary N) is 1. The molecule has 1 aliphatic heterocycles. The maximum absolute atomic E-state index is 11.9. The molecule has 0 radical (unpaired) electrons. The first kappa shape index (κ1) is 17.6. The number of carbonyl (C=O) groups excluding carboxylic acids is 2. The van der Waals surface area contributed by atoms with Gasteiger partial charge in [-0.2, -0.15) is 0 Å². The highest BCUT2D eigenvalue weighted by molar-refractivity contribution is 5.80. The van der Waals surface area contributed by atoms with E-state index in [4.69, 9.17) is 10.6 Å². The van der Waals surface area contributed by atoms with Gasteiger partial charge in [-0.25, -0.2) is 5.48 Å². The first-order chi connectivity index (χ1) is 9.97. The maximum atomic E-state index is 11.9. The largest absolute Gasteiger partial charge is 0.368 e. The zero-order valence-electron chi connectivity index (χ0n) is 12.9. The van der Waals surface area contributed by atoms with Crippen molar-refractivity contribution in [2.75, 3.05) is 39.3 Å². The summed E-state index contributed by atoms with van der Waals surface area (Å²) in [5.74, 6) is -0.247. The van der Waals surface area contributed by atoms with Crippen molar-refractivity contribution in [3.8, 4) is 0 Å². The van der Waals surface area contributed by atoms with Crippen molar-refractivity contribution in [3.63, 3.8) is 0 Å². The average Bonchev–Trinajstić information content (AvgIpc) is 2.46. The van der Waals surface area contributed by atoms with E-state index in [9.17, 15) is 9.59 Å². The molecular weight excluding hydrogens is 272 g/mol. The van der Waals surface area contributed by atoms with E-state index < -0.39 is 11.9 Å². The molecule has 7 nitrogen and oxygen atoms in total. The minimum atomic E-state index is -0.439. The molecule has 0 saturated carbocycles. The van der Waals surface area contributed by atoms with E-state index >= 15 is 0 Å². The van der Waals surface area contributed by atoms with Crippen molar-refractivity contribution in [3.05, 3.63) is 12.7 Å². The Bertz CT molecular complexity index is 365. The molecule has 0 aromatic heterocycles. The highest BCUT2D eigenvalue weighted by Gasteiger charge is 2.29. The third kappa shape index (κ3) is 5.45. The minimum Gasteiger partial charge on any atom is -0.368 e. The summed E-state index contributed by atoms with van der Waals surface area (Å²) in [6.07, 6.45) is 1.61. The molecule has 3 N–H and O–H groups in total. The summed E-state index contributed by atoms with van der Waals surface area (Å²) >= 11 is 0. The number of amides is 2. The van der Waals surface area contributed by atoms with Crippen LogP contribution >= 0.6 is 0 Å². The van der Waals surface area contributed by atoms with E-state index in [1.54, 1.807) is 6.08 Å². The zero-order chi connectivity index (χ0) is 15.8. The molecule has 1 aliphatic rings. The van der Waals surface area contributed by atoms with Crippen LogP contribution in [-0.2, 0) is 14.4 Å². The summed E-state index contributed by atoms with van der Waals surface area (Å²) in [4.78, 5) is 32.4. The molecule has 21 heavy (non-hydrogen) atoms. The van der Waals surface area contributed by atoms with Gasteiger partial charge in [0.25, 0.3) is 0 Å². The molecule has 0 aromatic carbocycles. The van der Waals surface area contributed by atoms with Crippen LogP contribution in [0.1, 0.15) is 13.8 Å². The molecule has 0 bridgehead atoms. The monoisotopic (exact) mass is 298 g/mol. The minimum absolute atomic E-state index is 0.00235. The van der Waals surface area contributed by atoms with Gasteiger partial charge < -0.3 is 10.6 Å². The molecule has 1 atom stereocenters. The molecule has 1 fully saturated rings. The number of nitrogens with zero attached hydrogens (tertiary/aromatic N) is 2. The second kappa shape index (κ2) is 8.76. The van der Waals surface area contributed by atoms with E-state index in [0.717, 1.165) is 0 Å². The van der Waals surface area contributed by atoms with Crippen molar-refractivity contribution in [2.45, 2.75) is 19.9 Å². The van der Waals surface area contributed by atoms with Gasteiger partial charge in [0, 0.05) is 38.6 Å². The standard InChI is InChI=1S/C14H26N4O3/c1-4-9-21-16-10-12(13(15)19)17-5-7-18(8-6-17)14(20)11(2)3/h4,11-12,16H,1,5-10H2,2-3H3,(H2,15,19)/t12-/m0/s1. The number of nitrogens with two attached hydrogens (primary N) is 1. The van der Waals surface area contributed by atoms with E-state index in [0.29, 0.717) is 39.3 Å². The van der Waals surface area contributed by atoms with Gasteiger partial charge in [-0.15, -0.1) is 6.58 Å². The lowest BCUT2D eigenvalue weighted by Gasteiger charge is -2.38. The smallest absolute Gasteiger partial charge is 0.236 e. The Balaban J connectivity index is 2.46. The van der Waals surface area contributed by atoms with Crippen LogP contribution in [0, 0.1) is 5.92 Å². The lowest BCUT2D eigenvalue weighted by Crippen LogP contribution is -2.58. The van der Waals surface area contributed by atoms with Gasteiger partial charge in [-0.1, -0.05) is 19.9 Å². The Morgan fingerprint density at radius 3 is 2.43 bits per heavy atom. The molecule has 0 aromatic rings. The average molecular weight is 298 g/mol. The van der Waals surface area contributed by atoms with Crippen molar-refractivity contribution < 1.29 is 14.4 Å². The Morgan fingerprint density at radius 1 is 1.33 bits per heavy atom. The number of hydroxylamine groups is 1. The van der Waals surface area contributed by atoms with Gasteiger partial charge in [0.15, 0.2) is 0 Å². The van der Waals surface area contributed by atoms with Crippen molar-refractivity contribution in [1.29, 1.82) is 0 Å². The normalized spacial score (nSPS) is 17.8. The maximum Gasteiger partial charge on any atom is 0.236 e. The Labute approximate surface area is 126 Å². The highest BCUT2D eigenvalue weighted by Crippen LogP contribution is 2.09. The van der Waals surface area contributed by atoms with Crippen molar-refractivity contribution >= 4 is 11.8 Å². The summed E-state index contributed by atoms with van der Waals surface area (Å²) in [5, 5.41) is 0. The number of primary amides is 1. The fourth-order valence-electron chi connectivity index (χ4n) is 2.28. The molecule has 0 unspecified atom stereocenters. The lowest BCUT2D eigenvalue weighted by atomic mass is 10.1. The Morgan fingerprint density at radius 2 is 1.95 bits per heavy atom. The van der Waals surface area contributed by atoms with Gasteiger partial charge in [0.05, 0.1) is 6.61 Å². The third-order valence-electron chi connectivity index (χ3n) is 3.47. The number of hydrogen-bond donors (Lipinski definition) is 2. The van der Waals surface area contributed by atoms with E-state index in [1.807, 2.05) is 23.6 Å². The summed E-state index contributed by atoms with van der Waals surface area (Å²) in [6.45, 7) is 10.5. The molecule has 1 saturated heterocycles. The molecule has 1 rings (SSSR count). The Hall–Kier alpha value is -1.44. The molecule has 7 heteroatoms. The SMILES string of the molecule is C=CCONC[C@@H](C(N)=O)N1CCN(C(=O)C(C)C)CC1. The van der Waals surface area contributed by atoms with Crippen molar-refractivity contribution in [2.24, 2.45) is 11.7 Å². The lowest BCUT2D eigenvalue weighted by molar-refractivity contribution is -0.137. The van der Waals surface area contributed by atoms with Crippen LogP contribution in [0.4, 0.5) is 0 Å². The summed E-state index contributed by atoms with van der Waals surface area (Å²) in [7, 11) is 0. The quantitative estimate of drug-likeness (QED) is 0.353. The van der Waals surface area contributed by atoms with E-state index in [-0.39, 0.29) is 11.8 Å². The van der Waals surface area contributed by atoms with E-state index in [1.165, 1.54) is 0 Å². The molecule has 0 aliphatic carbocycles. The number of hydrogen-bond acceptors (Lipinski definition) is 5. The van der Waals surface area contributed by atoms with Crippen LogP contribution in [0.15, 0.2) is 12.7 Å². The van der Waals surface area contributed by atoms with E-state index in [2.05, 4.69) is 12.1 Å². The van der Waals surface area contributed by atoms with Crippen LogP contribution < -0.4 is 11.2 Å². The summed E-state index contributed by atoms with van der Waals surface area (Å²) in [6, 6.07) is -0.439. The van der Waals surface area contributed by atoms with Crippen molar-refractivity contribution in [1.82, 2.24) is 15.3 Å². The van der Waals surface area contributed by atoms with Crippen LogP contribution in [0.25, 0.3) is 0 Å². The fraction of sp³-hybridized carbons (Fsp3) is 0.714. The fourth-order valence-corrected chi connectivity index (χ4v) is 2.28. The topological polar surface area (TPSA) is 87.9 Å². The van der Waals surface area contributed by atoms with Crippen LogP contribution in [0.2, 0.25) is 0 Å². The zero-order valence-corrected chi connectivity index (χ0v) is 12.9. The molecule has 1 heterocycles. The summed E-state index contributed by atoms with van der Waals surface area (Å²) in [5.41, 5.74) is 8.17. The van der Waals surface area contributed by atoms with Gasteiger partial charge in [0.1, 0.15) is 6.04 Å². The van der Waals surface area contributed by atoms with Gasteiger partial charge in [0.2, 0.25) is 11.8 Å². The first-order valence-electron chi connectivity index (χ1n) is 7.25. The summed E-state index contributed by atoms with van der Waals surface area (Å²) < 4.78 is 0. The molecular formula is C14H26N4O3. The van der Waals surface area contributed by atoms with Gasteiger partial charge >= 0.3 is 0 Å². The Kier molecular flexibility index (Phi) is 7.35. The third-order valence-corrected chi connectivity index (χ3v) is 3.47. The highest BCUT2D eigenvalue weighted by atomic mass is 16.6. The molecule has 0 spiro atoms. The number of piperazine rings is 1. The second-order valence-corrected chi connectivity index (χ2v) is 5.38. The predicted octanol–water partition coefficient (Wildman–Crippen LogP) is -0.652. The van der Waals surface area contributed by atoms with Crippen LogP contribution in [0.5, 0.6) is 0 Å². The first-order valence-corrected chi connectivity index (χ1v) is 7.25. The number of carbonyl (C=O) groups is 2. The van der Waals surface area contributed by atoms with Crippen LogP contribution in [-0.4, -0.2) is 67.0 Å². The van der Waals surface area contributed by atoms with Crippen LogP contribution in [0.3, 0.4) is 0 Å². The van der Waals surface area contributed by atoms with Gasteiger partial charge in [-0.05, 0) is 0 Å². The molecule has 2 amide bonds. The molecule has 120 valence electrons. The number of rotatable bonds is 8. The van der Waals surface area contributed by atoms with Gasteiger partial charge in [-0.3, -0.25) is 19.3 Å². The second-order valence-electron chi connectivity index (χ2n) is 5.38. The predicted molar refractivity (Wildman–Crippen MR) is 80.1 cm³/mol.